The van der Waals surface area contributed by atoms with Gasteiger partial charge in [-0.2, -0.15) is 0 Å². The predicted octanol–water partition coefficient (Wildman–Crippen LogP) is 3.34. The number of hydrogen-bond acceptors (Lipinski definition) is 3. The lowest BCUT2D eigenvalue weighted by Gasteiger charge is -2.14. The van der Waals surface area contributed by atoms with E-state index in [2.05, 4.69) is 5.32 Å². The second-order valence-corrected chi connectivity index (χ2v) is 5.31. The number of benzene rings is 2. The molecular weight excluding hydrogens is 321 g/mol. The van der Waals surface area contributed by atoms with Gasteiger partial charge in [0.05, 0.1) is 5.56 Å². The Morgan fingerprint density at radius 2 is 1.91 bits per heavy atom. The van der Waals surface area contributed by atoms with Crippen LogP contribution in [-0.2, 0) is 16.1 Å². The molecular formula is C17H15ClFNO3. The third-order valence-electron chi connectivity index (χ3n) is 3.11. The average molecular weight is 336 g/mol. The summed E-state index contributed by atoms with van der Waals surface area (Å²) in [6, 6.07) is 12.9. The SMILES string of the molecule is C[C@H](OC(=O)c1ccc(Cl)cc1F)C(=O)NCc1ccccc1. The molecule has 0 spiro atoms. The van der Waals surface area contributed by atoms with Gasteiger partial charge in [0.2, 0.25) is 0 Å². The first-order chi connectivity index (χ1) is 11.0. The summed E-state index contributed by atoms with van der Waals surface area (Å²) in [6.45, 7) is 1.74. The highest BCUT2D eigenvalue weighted by Gasteiger charge is 2.21. The Balaban J connectivity index is 1.91. The lowest BCUT2D eigenvalue weighted by atomic mass is 10.2. The first kappa shape index (κ1) is 17.0. The highest BCUT2D eigenvalue weighted by Crippen LogP contribution is 2.16. The molecule has 6 heteroatoms. The first-order valence-electron chi connectivity index (χ1n) is 6.95. The van der Waals surface area contributed by atoms with E-state index >= 15 is 0 Å². The van der Waals surface area contributed by atoms with Crippen molar-refractivity contribution < 1.29 is 18.7 Å². The van der Waals surface area contributed by atoms with Gasteiger partial charge in [-0.05, 0) is 30.7 Å². The molecule has 0 aromatic heterocycles. The number of carbonyl (C=O) groups is 2. The summed E-state index contributed by atoms with van der Waals surface area (Å²) in [4.78, 5) is 23.8. The summed E-state index contributed by atoms with van der Waals surface area (Å²) in [5.74, 6) is -2.17. The third-order valence-corrected chi connectivity index (χ3v) is 3.35. The maximum Gasteiger partial charge on any atom is 0.341 e. The van der Waals surface area contributed by atoms with E-state index in [4.69, 9.17) is 16.3 Å². The number of halogens is 2. The van der Waals surface area contributed by atoms with Gasteiger partial charge in [-0.15, -0.1) is 0 Å². The Kier molecular flexibility index (Phi) is 5.71. The fourth-order valence-electron chi connectivity index (χ4n) is 1.86. The van der Waals surface area contributed by atoms with Gasteiger partial charge < -0.3 is 10.1 Å². The zero-order valence-corrected chi connectivity index (χ0v) is 13.1. The molecule has 120 valence electrons. The molecule has 0 saturated heterocycles. The number of amides is 1. The summed E-state index contributed by atoms with van der Waals surface area (Å²) in [7, 11) is 0. The maximum absolute atomic E-state index is 13.6. The minimum absolute atomic E-state index is 0.174. The number of esters is 1. The molecule has 1 amide bonds. The van der Waals surface area contributed by atoms with Gasteiger partial charge in [0.15, 0.2) is 6.10 Å². The van der Waals surface area contributed by atoms with Crippen LogP contribution >= 0.6 is 11.6 Å². The van der Waals surface area contributed by atoms with Crippen molar-refractivity contribution in [1.29, 1.82) is 0 Å². The Morgan fingerprint density at radius 3 is 2.57 bits per heavy atom. The van der Waals surface area contributed by atoms with Crippen molar-refractivity contribution in [1.82, 2.24) is 5.32 Å². The molecule has 0 radical (unpaired) electrons. The van der Waals surface area contributed by atoms with Crippen molar-refractivity contribution in [2.75, 3.05) is 0 Å². The fraction of sp³-hybridized carbons (Fsp3) is 0.176. The first-order valence-corrected chi connectivity index (χ1v) is 7.33. The van der Waals surface area contributed by atoms with Crippen molar-refractivity contribution in [3.8, 4) is 0 Å². The van der Waals surface area contributed by atoms with E-state index < -0.39 is 23.8 Å². The van der Waals surface area contributed by atoms with Gasteiger partial charge in [0.1, 0.15) is 5.82 Å². The van der Waals surface area contributed by atoms with Crippen molar-refractivity contribution in [3.63, 3.8) is 0 Å². The van der Waals surface area contributed by atoms with E-state index in [1.54, 1.807) is 0 Å². The summed E-state index contributed by atoms with van der Waals surface area (Å²) in [6.07, 6.45) is -1.04. The van der Waals surface area contributed by atoms with Crippen LogP contribution in [0.2, 0.25) is 5.02 Å². The van der Waals surface area contributed by atoms with E-state index in [1.165, 1.54) is 19.1 Å². The van der Waals surface area contributed by atoms with E-state index in [9.17, 15) is 14.0 Å². The standard InChI is InChI=1S/C17H15ClFNO3/c1-11(16(21)20-10-12-5-3-2-4-6-12)23-17(22)14-8-7-13(18)9-15(14)19/h2-9,11H,10H2,1H3,(H,20,21)/t11-/m0/s1. The molecule has 0 aliphatic carbocycles. The van der Waals surface area contributed by atoms with Crippen LogP contribution in [0.15, 0.2) is 48.5 Å². The van der Waals surface area contributed by atoms with Crippen LogP contribution in [0.25, 0.3) is 0 Å². The van der Waals surface area contributed by atoms with Crippen LogP contribution in [0.4, 0.5) is 4.39 Å². The third kappa shape index (κ3) is 4.79. The molecule has 2 rings (SSSR count). The van der Waals surface area contributed by atoms with Crippen LogP contribution in [0, 0.1) is 5.82 Å². The predicted molar refractivity (Wildman–Crippen MR) is 84.6 cm³/mol. The normalized spacial score (nSPS) is 11.6. The molecule has 0 unspecified atom stereocenters. The molecule has 2 aromatic carbocycles. The van der Waals surface area contributed by atoms with Gasteiger partial charge in [-0.25, -0.2) is 9.18 Å². The Hall–Kier alpha value is -2.40. The number of hydrogen-bond donors (Lipinski definition) is 1. The highest BCUT2D eigenvalue weighted by atomic mass is 35.5. The quantitative estimate of drug-likeness (QED) is 0.853. The molecule has 0 aliphatic heterocycles. The second kappa shape index (κ2) is 7.74. The number of rotatable bonds is 5. The van der Waals surface area contributed by atoms with E-state index in [1.807, 2.05) is 30.3 Å². The van der Waals surface area contributed by atoms with E-state index in [-0.39, 0.29) is 10.6 Å². The lowest BCUT2D eigenvalue weighted by Crippen LogP contribution is -2.35. The lowest BCUT2D eigenvalue weighted by molar-refractivity contribution is -0.129. The van der Waals surface area contributed by atoms with Crippen molar-refractivity contribution in [2.24, 2.45) is 0 Å². The minimum Gasteiger partial charge on any atom is -0.449 e. The van der Waals surface area contributed by atoms with Crippen LogP contribution < -0.4 is 5.32 Å². The second-order valence-electron chi connectivity index (χ2n) is 4.88. The maximum atomic E-state index is 13.6. The van der Waals surface area contributed by atoms with Crippen molar-refractivity contribution >= 4 is 23.5 Å². The smallest absolute Gasteiger partial charge is 0.341 e. The molecule has 2 aromatic rings. The minimum atomic E-state index is -1.04. The van der Waals surface area contributed by atoms with Gasteiger partial charge in [0.25, 0.3) is 5.91 Å². The molecule has 23 heavy (non-hydrogen) atoms. The molecule has 1 atom stereocenters. The van der Waals surface area contributed by atoms with Gasteiger partial charge in [-0.1, -0.05) is 41.9 Å². The molecule has 1 N–H and O–H groups in total. The molecule has 0 fully saturated rings. The number of carbonyl (C=O) groups excluding carboxylic acids is 2. The van der Waals surface area contributed by atoms with E-state index in [0.29, 0.717) is 6.54 Å². The summed E-state index contributed by atoms with van der Waals surface area (Å²) in [5, 5.41) is 2.82. The molecule has 0 heterocycles. The molecule has 4 nitrogen and oxygen atoms in total. The Morgan fingerprint density at radius 1 is 1.22 bits per heavy atom. The van der Waals surface area contributed by atoms with Crippen molar-refractivity contribution in [3.05, 3.63) is 70.5 Å². The van der Waals surface area contributed by atoms with Crippen molar-refractivity contribution in [2.45, 2.75) is 19.6 Å². The Bertz CT molecular complexity index is 706. The molecule has 0 saturated carbocycles. The highest BCUT2D eigenvalue weighted by molar-refractivity contribution is 6.30. The number of ether oxygens (including phenoxy) is 1. The zero-order chi connectivity index (χ0) is 16.8. The topological polar surface area (TPSA) is 55.4 Å². The Labute approximate surface area is 138 Å². The van der Waals surface area contributed by atoms with E-state index in [0.717, 1.165) is 11.6 Å². The average Bonchev–Trinajstić information content (AvgIpc) is 2.53. The number of nitrogens with one attached hydrogen (secondary N) is 1. The van der Waals surface area contributed by atoms with Gasteiger partial charge >= 0.3 is 5.97 Å². The fourth-order valence-corrected chi connectivity index (χ4v) is 2.02. The van der Waals surface area contributed by atoms with Crippen LogP contribution in [0.3, 0.4) is 0 Å². The molecule has 0 bridgehead atoms. The summed E-state index contributed by atoms with van der Waals surface area (Å²) >= 11 is 5.62. The zero-order valence-electron chi connectivity index (χ0n) is 12.4. The monoisotopic (exact) mass is 335 g/mol. The van der Waals surface area contributed by atoms with Crippen LogP contribution in [-0.4, -0.2) is 18.0 Å². The largest absolute Gasteiger partial charge is 0.449 e. The summed E-state index contributed by atoms with van der Waals surface area (Å²) in [5.41, 5.74) is 0.653. The molecule has 0 aliphatic rings. The van der Waals surface area contributed by atoms with Gasteiger partial charge in [0, 0.05) is 11.6 Å². The van der Waals surface area contributed by atoms with Crippen LogP contribution in [0.5, 0.6) is 0 Å². The van der Waals surface area contributed by atoms with Gasteiger partial charge in [-0.3, -0.25) is 4.79 Å². The van der Waals surface area contributed by atoms with Crippen LogP contribution in [0.1, 0.15) is 22.8 Å². The summed E-state index contributed by atoms with van der Waals surface area (Å²) < 4.78 is 18.6.